The Bertz CT molecular complexity index is 564. The Hall–Kier alpha value is -1.55. The average Bonchev–Trinajstić information content (AvgIpc) is 2.59. The molecule has 2 aromatic rings. The predicted octanol–water partition coefficient (Wildman–Crippen LogP) is 3.08. The predicted molar refractivity (Wildman–Crippen MR) is 67.5 cm³/mol. The first-order valence-corrected chi connectivity index (χ1v) is 5.54. The molecule has 0 saturated carbocycles. The summed E-state index contributed by atoms with van der Waals surface area (Å²) in [6, 6.07) is 1.61. The van der Waals surface area contributed by atoms with Crippen LogP contribution in [-0.4, -0.2) is 9.78 Å². The van der Waals surface area contributed by atoms with Crippen molar-refractivity contribution in [3.63, 3.8) is 0 Å². The van der Waals surface area contributed by atoms with E-state index in [1.165, 1.54) is 4.68 Å². The van der Waals surface area contributed by atoms with E-state index < -0.39 is 0 Å². The molecule has 0 amide bonds. The molecule has 2 rings (SSSR count). The molecule has 1 heterocycles. The van der Waals surface area contributed by atoms with Crippen molar-refractivity contribution in [2.45, 2.75) is 13.8 Å². The van der Waals surface area contributed by atoms with Crippen molar-refractivity contribution in [3.05, 3.63) is 34.2 Å². The number of hydrogen-bond acceptors (Lipinski definition) is 2. The number of nitrogens with zero attached hydrogens (tertiary/aromatic N) is 2. The molecular weight excluding hydrogens is 241 g/mol. The van der Waals surface area contributed by atoms with Crippen LogP contribution in [0.15, 0.2) is 12.3 Å². The van der Waals surface area contributed by atoms with Gasteiger partial charge in [-0.25, -0.2) is 4.39 Å². The molecule has 0 aliphatic heterocycles. The van der Waals surface area contributed by atoms with Gasteiger partial charge in [0.25, 0.3) is 0 Å². The van der Waals surface area contributed by atoms with Gasteiger partial charge in [-0.1, -0.05) is 11.6 Å². The van der Waals surface area contributed by atoms with Crippen LogP contribution in [0.5, 0.6) is 0 Å². The molecule has 0 aliphatic carbocycles. The summed E-state index contributed by atoms with van der Waals surface area (Å²) in [4.78, 5) is 0. The van der Waals surface area contributed by atoms with Gasteiger partial charge in [0.15, 0.2) is 0 Å². The van der Waals surface area contributed by atoms with E-state index >= 15 is 0 Å². The largest absolute Gasteiger partial charge is 0.383 e. The molecule has 1 aromatic carbocycles. The smallest absolute Gasteiger partial charge is 0.134 e. The molecule has 0 fully saturated rings. The van der Waals surface area contributed by atoms with Gasteiger partial charge in [-0.05, 0) is 31.0 Å². The van der Waals surface area contributed by atoms with Crippen LogP contribution in [-0.2, 0) is 7.05 Å². The lowest BCUT2D eigenvalue weighted by atomic mass is 9.99. The van der Waals surface area contributed by atoms with Gasteiger partial charge in [-0.15, -0.1) is 0 Å². The maximum atomic E-state index is 14.2. The lowest BCUT2D eigenvalue weighted by Crippen LogP contribution is -2.00. The number of halogens is 2. The molecule has 0 atom stereocenters. The number of benzene rings is 1. The van der Waals surface area contributed by atoms with E-state index in [-0.39, 0.29) is 5.82 Å². The number of nitrogen functional groups attached to an aromatic ring is 1. The van der Waals surface area contributed by atoms with Crippen molar-refractivity contribution in [1.29, 1.82) is 0 Å². The van der Waals surface area contributed by atoms with Crippen LogP contribution in [0.2, 0.25) is 5.02 Å². The highest BCUT2D eigenvalue weighted by Crippen LogP contribution is 2.35. The zero-order valence-corrected chi connectivity index (χ0v) is 10.6. The fourth-order valence-electron chi connectivity index (χ4n) is 1.80. The highest BCUT2D eigenvalue weighted by atomic mass is 35.5. The van der Waals surface area contributed by atoms with Crippen LogP contribution in [0, 0.1) is 19.7 Å². The average molecular weight is 254 g/mol. The summed E-state index contributed by atoms with van der Waals surface area (Å²) < 4.78 is 15.7. The van der Waals surface area contributed by atoms with Crippen molar-refractivity contribution in [2.75, 3.05) is 5.73 Å². The Labute approximate surface area is 104 Å². The number of hydrogen-bond donors (Lipinski definition) is 1. The van der Waals surface area contributed by atoms with Crippen LogP contribution < -0.4 is 5.73 Å². The Kier molecular flexibility index (Phi) is 2.83. The second kappa shape index (κ2) is 4.04. The van der Waals surface area contributed by atoms with Crippen LogP contribution in [0.25, 0.3) is 11.1 Å². The Morgan fingerprint density at radius 2 is 2.06 bits per heavy atom. The number of rotatable bonds is 1. The van der Waals surface area contributed by atoms with Crippen LogP contribution >= 0.6 is 11.6 Å². The monoisotopic (exact) mass is 253 g/mol. The van der Waals surface area contributed by atoms with Crippen molar-refractivity contribution in [1.82, 2.24) is 9.78 Å². The lowest BCUT2D eigenvalue weighted by Gasteiger charge is -2.11. The van der Waals surface area contributed by atoms with Gasteiger partial charge in [-0.3, -0.25) is 4.68 Å². The molecule has 17 heavy (non-hydrogen) atoms. The SMILES string of the molecule is Cc1cc(Cl)c(C)c(-c2cnn(C)c2N)c1F. The second-order valence-corrected chi connectivity index (χ2v) is 4.46. The minimum absolute atomic E-state index is 0.299. The van der Waals surface area contributed by atoms with Gasteiger partial charge in [0.2, 0.25) is 0 Å². The van der Waals surface area contributed by atoms with E-state index in [1.54, 1.807) is 33.2 Å². The van der Waals surface area contributed by atoms with E-state index in [4.69, 9.17) is 17.3 Å². The molecule has 1 aromatic heterocycles. The van der Waals surface area contributed by atoms with Gasteiger partial charge < -0.3 is 5.73 Å². The van der Waals surface area contributed by atoms with Crippen LogP contribution in [0.1, 0.15) is 11.1 Å². The van der Waals surface area contributed by atoms with Gasteiger partial charge >= 0.3 is 0 Å². The van der Waals surface area contributed by atoms with Gasteiger partial charge in [0, 0.05) is 23.2 Å². The van der Waals surface area contributed by atoms with E-state index in [0.29, 0.717) is 33.1 Å². The van der Waals surface area contributed by atoms with Crippen LogP contribution in [0.4, 0.5) is 10.2 Å². The van der Waals surface area contributed by atoms with E-state index in [1.807, 2.05) is 0 Å². The molecular formula is C12H13ClFN3. The molecule has 0 unspecified atom stereocenters. The quantitative estimate of drug-likeness (QED) is 0.849. The van der Waals surface area contributed by atoms with Gasteiger partial charge in [-0.2, -0.15) is 5.10 Å². The van der Waals surface area contributed by atoms with Crippen molar-refractivity contribution in [2.24, 2.45) is 7.05 Å². The molecule has 0 aliphatic rings. The highest BCUT2D eigenvalue weighted by molar-refractivity contribution is 6.31. The third-order valence-corrected chi connectivity index (χ3v) is 3.29. The zero-order chi connectivity index (χ0) is 12.7. The Morgan fingerprint density at radius 1 is 1.41 bits per heavy atom. The summed E-state index contributed by atoms with van der Waals surface area (Å²) in [6.07, 6.45) is 1.55. The molecule has 0 radical (unpaired) electrons. The van der Waals surface area contributed by atoms with Gasteiger partial charge in [0.1, 0.15) is 11.6 Å². The first-order valence-electron chi connectivity index (χ1n) is 5.16. The van der Waals surface area contributed by atoms with Crippen molar-refractivity contribution in [3.8, 4) is 11.1 Å². The highest BCUT2D eigenvalue weighted by Gasteiger charge is 2.18. The summed E-state index contributed by atoms with van der Waals surface area (Å²) in [5.74, 6) is 0.125. The summed E-state index contributed by atoms with van der Waals surface area (Å²) in [7, 11) is 1.71. The Morgan fingerprint density at radius 3 is 2.59 bits per heavy atom. The van der Waals surface area contributed by atoms with Crippen molar-refractivity contribution >= 4 is 17.4 Å². The fourth-order valence-corrected chi connectivity index (χ4v) is 2.06. The molecule has 90 valence electrons. The molecule has 0 saturated heterocycles. The van der Waals surface area contributed by atoms with E-state index in [9.17, 15) is 4.39 Å². The molecule has 0 bridgehead atoms. The minimum Gasteiger partial charge on any atom is -0.383 e. The maximum Gasteiger partial charge on any atom is 0.134 e. The minimum atomic E-state index is -0.299. The number of aromatic nitrogens is 2. The van der Waals surface area contributed by atoms with E-state index in [2.05, 4.69) is 5.10 Å². The number of nitrogens with two attached hydrogens (primary N) is 1. The van der Waals surface area contributed by atoms with Gasteiger partial charge in [0.05, 0.1) is 6.20 Å². The summed E-state index contributed by atoms with van der Waals surface area (Å²) >= 11 is 6.07. The fraction of sp³-hybridized carbons (Fsp3) is 0.250. The zero-order valence-electron chi connectivity index (χ0n) is 9.88. The Balaban J connectivity index is 2.79. The first-order chi connectivity index (χ1) is 7.93. The maximum absolute atomic E-state index is 14.2. The van der Waals surface area contributed by atoms with Crippen LogP contribution in [0.3, 0.4) is 0 Å². The molecule has 3 nitrogen and oxygen atoms in total. The standard InChI is InChI=1S/C12H13ClFN3/c1-6-4-9(13)7(2)10(11(6)14)8-5-16-17(3)12(8)15/h4-5H,15H2,1-3H3. The topological polar surface area (TPSA) is 43.8 Å². The number of anilines is 1. The molecule has 2 N–H and O–H groups in total. The second-order valence-electron chi connectivity index (χ2n) is 4.06. The normalized spacial score (nSPS) is 10.9. The third kappa shape index (κ3) is 1.78. The molecule has 5 heteroatoms. The number of aryl methyl sites for hydroxylation is 2. The first kappa shape index (κ1) is 11.9. The molecule has 0 spiro atoms. The summed E-state index contributed by atoms with van der Waals surface area (Å²) in [5.41, 5.74) is 8.05. The van der Waals surface area contributed by atoms with Crippen molar-refractivity contribution < 1.29 is 4.39 Å². The lowest BCUT2D eigenvalue weighted by molar-refractivity contribution is 0.621. The summed E-state index contributed by atoms with van der Waals surface area (Å²) in [5, 5.41) is 4.55. The van der Waals surface area contributed by atoms with E-state index in [0.717, 1.165) is 0 Å². The summed E-state index contributed by atoms with van der Waals surface area (Å²) in [6.45, 7) is 3.45. The third-order valence-electron chi connectivity index (χ3n) is 2.90.